The number of ketones is 1. The molecule has 5 heteroatoms. The van der Waals surface area contributed by atoms with Crippen LogP contribution in [0.15, 0.2) is 0 Å². The number of Topliss-reactive ketones (excluding diaryl/α,β-unsaturated/α-hetero) is 1. The Balaban J connectivity index is 2.87. The fourth-order valence-corrected chi connectivity index (χ4v) is 2.62. The summed E-state index contributed by atoms with van der Waals surface area (Å²) in [7, 11) is 1.62. The van der Waals surface area contributed by atoms with Gasteiger partial charge in [-0.1, -0.05) is 13.8 Å². The summed E-state index contributed by atoms with van der Waals surface area (Å²) in [5, 5.41) is 0.992. The van der Waals surface area contributed by atoms with E-state index in [0.717, 1.165) is 35.2 Å². The molecule has 0 unspecified atom stereocenters. The number of rotatable bonds is 7. The van der Waals surface area contributed by atoms with E-state index in [1.165, 1.54) is 11.3 Å². The van der Waals surface area contributed by atoms with Gasteiger partial charge in [0.15, 0.2) is 5.78 Å². The van der Waals surface area contributed by atoms with E-state index >= 15 is 0 Å². The number of hydrogen-bond acceptors (Lipinski definition) is 5. The molecule has 1 heterocycles. The smallest absolute Gasteiger partial charge is 0.171 e. The third-order valence-corrected chi connectivity index (χ3v) is 3.78. The number of aromatic nitrogens is 1. The molecular weight excluding hydrogens is 236 g/mol. The molecule has 0 aromatic carbocycles. The summed E-state index contributed by atoms with van der Waals surface area (Å²) in [6.07, 6.45) is 0. The van der Waals surface area contributed by atoms with Crippen LogP contribution in [0.2, 0.25) is 0 Å². The Morgan fingerprint density at radius 2 is 2.06 bits per heavy atom. The van der Waals surface area contributed by atoms with E-state index in [1.54, 1.807) is 14.0 Å². The molecule has 0 aliphatic rings. The number of methoxy groups -OCH3 is 1. The van der Waals surface area contributed by atoms with Crippen molar-refractivity contribution in [1.82, 2.24) is 9.88 Å². The van der Waals surface area contributed by atoms with Crippen LogP contribution in [0.25, 0.3) is 0 Å². The predicted molar refractivity (Wildman–Crippen MR) is 69.5 cm³/mol. The first kappa shape index (κ1) is 14.3. The van der Waals surface area contributed by atoms with Crippen molar-refractivity contribution in [3.8, 4) is 0 Å². The molecule has 1 aromatic rings. The van der Waals surface area contributed by atoms with Gasteiger partial charge in [0.1, 0.15) is 5.01 Å². The maximum Gasteiger partial charge on any atom is 0.171 e. The standard InChI is InChI=1S/C12H20N2O2S/c1-5-14(6-2)7-11-13-10(8-16-4)12(17-11)9(3)15/h5-8H2,1-4H3. The van der Waals surface area contributed by atoms with Crippen molar-refractivity contribution < 1.29 is 9.53 Å². The molecule has 4 nitrogen and oxygen atoms in total. The van der Waals surface area contributed by atoms with Gasteiger partial charge in [0, 0.05) is 14.0 Å². The van der Waals surface area contributed by atoms with Gasteiger partial charge >= 0.3 is 0 Å². The Morgan fingerprint density at radius 1 is 1.41 bits per heavy atom. The molecule has 0 N–H and O–H groups in total. The van der Waals surface area contributed by atoms with Crippen LogP contribution in [0.4, 0.5) is 0 Å². The van der Waals surface area contributed by atoms with Crippen LogP contribution >= 0.6 is 11.3 Å². The molecule has 0 fully saturated rings. The van der Waals surface area contributed by atoms with Crippen molar-refractivity contribution in [3.05, 3.63) is 15.6 Å². The van der Waals surface area contributed by atoms with Crippen LogP contribution < -0.4 is 0 Å². The van der Waals surface area contributed by atoms with Crippen molar-refractivity contribution in [2.24, 2.45) is 0 Å². The van der Waals surface area contributed by atoms with Gasteiger partial charge in [-0.3, -0.25) is 9.69 Å². The van der Waals surface area contributed by atoms with E-state index in [-0.39, 0.29) is 5.78 Å². The third kappa shape index (κ3) is 3.87. The summed E-state index contributed by atoms with van der Waals surface area (Å²) in [5.41, 5.74) is 0.771. The molecule has 0 spiro atoms. The lowest BCUT2D eigenvalue weighted by Gasteiger charge is -2.15. The molecule has 0 aliphatic carbocycles. The van der Waals surface area contributed by atoms with Gasteiger partial charge < -0.3 is 4.74 Å². The highest BCUT2D eigenvalue weighted by Gasteiger charge is 2.15. The van der Waals surface area contributed by atoms with Crippen molar-refractivity contribution in [2.45, 2.75) is 33.9 Å². The Kier molecular flexibility index (Phi) is 5.74. The van der Waals surface area contributed by atoms with E-state index in [0.29, 0.717) is 6.61 Å². The zero-order valence-corrected chi connectivity index (χ0v) is 11.8. The molecule has 0 bridgehead atoms. The summed E-state index contributed by atoms with van der Waals surface area (Å²) in [6.45, 7) is 9.02. The highest BCUT2D eigenvalue weighted by atomic mass is 32.1. The minimum Gasteiger partial charge on any atom is -0.378 e. The molecule has 0 radical (unpaired) electrons. The molecule has 0 saturated carbocycles. The highest BCUT2D eigenvalue weighted by molar-refractivity contribution is 7.13. The maximum absolute atomic E-state index is 11.5. The maximum atomic E-state index is 11.5. The molecule has 1 aromatic heterocycles. The Bertz CT molecular complexity index is 373. The van der Waals surface area contributed by atoms with Crippen LogP contribution in [-0.4, -0.2) is 35.9 Å². The van der Waals surface area contributed by atoms with E-state index in [4.69, 9.17) is 4.74 Å². The van der Waals surface area contributed by atoms with Crippen LogP contribution in [0.1, 0.15) is 41.1 Å². The number of ether oxygens (including phenoxy) is 1. The van der Waals surface area contributed by atoms with Crippen LogP contribution in [0, 0.1) is 0 Å². The molecule has 0 amide bonds. The second kappa shape index (κ2) is 6.83. The SMILES string of the molecule is CCN(CC)Cc1nc(COC)c(C(C)=O)s1. The summed E-state index contributed by atoms with van der Waals surface area (Å²) in [4.78, 5) is 19.0. The van der Waals surface area contributed by atoms with Gasteiger partial charge in [0.2, 0.25) is 0 Å². The molecule has 96 valence electrons. The van der Waals surface area contributed by atoms with Gasteiger partial charge in [0.05, 0.1) is 23.7 Å². The zero-order chi connectivity index (χ0) is 12.8. The van der Waals surface area contributed by atoms with E-state index in [9.17, 15) is 4.79 Å². The Labute approximate surface area is 107 Å². The van der Waals surface area contributed by atoms with Crippen LogP contribution in [0.5, 0.6) is 0 Å². The zero-order valence-electron chi connectivity index (χ0n) is 10.9. The van der Waals surface area contributed by atoms with Gasteiger partial charge in [0.25, 0.3) is 0 Å². The highest BCUT2D eigenvalue weighted by Crippen LogP contribution is 2.21. The summed E-state index contributed by atoms with van der Waals surface area (Å²) < 4.78 is 5.07. The third-order valence-electron chi connectivity index (χ3n) is 2.60. The summed E-state index contributed by atoms with van der Waals surface area (Å²) in [6, 6.07) is 0. The van der Waals surface area contributed by atoms with Gasteiger partial charge in [-0.2, -0.15) is 0 Å². The van der Waals surface area contributed by atoms with Crippen molar-refractivity contribution in [2.75, 3.05) is 20.2 Å². The molecular formula is C12H20N2O2S. The molecule has 17 heavy (non-hydrogen) atoms. The Morgan fingerprint density at radius 3 is 2.53 bits per heavy atom. The number of hydrogen-bond donors (Lipinski definition) is 0. The van der Waals surface area contributed by atoms with Gasteiger partial charge in [-0.05, 0) is 13.1 Å². The second-order valence-corrected chi connectivity index (χ2v) is 4.92. The average molecular weight is 256 g/mol. The monoisotopic (exact) mass is 256 g/mol. The topological polar surface area (TPSA) is 42.4 Å². The number of carbonyl (C=O) groups is 1. The fraction of sp³-hybridized carbons (Fsp3) is 0.667. The first-order chi connectivity index (χ1) is 8.12. The molecule has 0 saturated heterocycles. The lowest BCUT2D eigenvalue weighted by Crippen LogP contribution is -2.21. The quantitative estimate of drug-likeness (QED) is 0.702. The lowest BCUT2D eigenvalue weighted by molar-refractivity contribution is 0.101. The van der Waals surface area contributed by atoms with Crippen LogP contribution in [0.3, 0.4) is 0 Å². The summed E-state index contributed by atoms with van der Waals surface area (Å²) >= 11 is 1.48. The van der Waals surface area contributed by atoms with Gasteiger partial charge in [-0.15, -0.1) is 11.3 Å². The predicted octanol–water partition coefficient (Wildman–Crippen LogP) is 2.33. The molecule has 0 atom stereocenters. The first-order valence-electron chi connectivity index (χ1n) is 5.83. The Hall–Kier alpha value is -0.780. The minimum absolute atomic E-state index is 0.0698. The lowest BCUT2D eigenvalue weighted by atomic mass is 10.3. The first-order valence-corrected chi connectivity index (χ1v) is 6.64. The molecule has 1 rings (SSSR count). The van der Waals surface area contributed by atoms with Crippen molar-refractivity contribution >= 4 is 17.1 Å². The van der Waals surface area contributed by atoms with E-state index in [2.05, 4.69) is 23.7 Å². The fourth-order valence-electron chi connectivity index (χ4n) is 1.62. The average Bonchev–Trinajstić information content (AvgIpc) is 2.69. The number of nitrogens with zero attached hydrogens (tertiary/aromatic N) is 2. The number of carbonyl (C=O) groups excluding carboxylic acids is 1. The normalized spacial score (nSPS) is 11.1. The number of thiazole rings is 1. The van der Waals surface area contributed by atoms with E-state index in [1.807, 2.05) is 0 Å². The molecule has 0 aliphatic heterocycles. The largest absolute Gasteiger partial charge is 0.378 e. The van der Waals surface area contributed by atoms with Crippen LogP contribution in [-0.2, 0) is 17.9 Å². The summed E-state index contributed by atoms with van der Waals surface area (Å²) in [5.74, 6) is 0.0698. The van der Waals surface area contributed by atoms with Gasteiger partial charge in [-0.25, -0.2) is 4.98 Å². The van der Waals surface area contributed by atoms with E-state index < -0.39 is 0 Å². The minimum atomic E-state index is 0.0698. The van der Waals surface area contributed by atoms with Crippen molar-refractivity contribution in [3.63, 3.8) is 0 Å². The van der Waals surface area contributed by atoms with Crippen molar-refractivity contribution in [1.29, 1.82) is 0 Å². The second-order valence-electron chi connectivity index (χ2n) is 3.83.